The zero-order valence-corrected chi connectivity index (χ0v) is 10.8. The van der Waals surface area contributed by atoms with Crippen LogP contribution in [0, 0.1) is 5.92 Å². The van der Waals surface area contributed by atoms with E-state index >= 15 is 0 Å². The van der Waals surface area contributed by atoms with E-state index < -0.39 is 17.6 Å². The summed E-state index contributed by atoms with van der Waals surface area (Å²) in [6.45, 7) is 2.39. The molecular formula is C13H16F3N3O. The van der Waals surface area contributed by atoms with Gasteiger partial charge in [0.1, 0.15) is 5.69 Å². The summed E-state index contributed by atoms with van der Waals surface area (Å²) in [4.78, 5) is 15.3. The van der Waals surface area contributed by atoms with Crippen LogP contribution in [0.2, 0.25) is 0 Å². The first-order chi connectivity index (χ1) is 9.47. The van der Waals surface area contributed by atoms with E-state index in [1.54, 1.807) is 0 Å². The molecule has 0 spiro atoms. The predicted molar refractivity (Wildman–Crippen MR) is 67.2 cm³/mol. The smallest absolute Gasteiger partial charge is 0.350 e. The number of carbonyl (C=O) groups excluding carboxylic acids is 1. The Bertz CT molecular complexity index is 453. The number of rotatable bonds is 3. The highest BCUT2D eigenvalue weighted by Gasteiger charge is 2.30. The van der Waals surface area contributed by atoms with Gasteiger partial charge in [-0.05, 0) is 44.0 Å². The summed E-state index contributed by atoms with van der Waals surface area (Å²) in [5.74, 6) is -0.0214. The third-order valence-corrected chi connectivity index (χ3v) is 3.33. The van der Waals surface area contributed by atoms with E-state index in [-0.39, 0.29) is 5.69 Å². The van der Waals surface area contributed by atoms with E-state index in [9.17, 15) is 18.0 Å². The van der Waals surface area contributed by atoms with Crippen LogP contribution in [0.1, 0.15) is 28.9 Å². The molecule has 2 heterocycles. The number of hydrogen-bond acceptors (Lipinski definition) is 3. The van der Waals surface area contributed by atoms with Gasteiger partial charge in [0, 0.05) is 12.7 Å². The molecule has 7 heteroatoms. The van der Waals surface area contributed by atoms with Gasteiger partial charge in [0.05, 0.1) is 5.56 Å². The number of pyridine rings is 1. The minimum Gasteiger partial charge on any atom is -0.350 e. The van der Waals surface area contributed by atoms with E-state index in [0.717, 1.165) is 38.1 Å². The molecule has 2 rings (SSSR count). The number of aromatic nitrogens is 1. The van der Waals surface area contributed by atoms with Crippen molar-refractivity contribution < 1.29 is 18.0 Å². The van der Waals surface area contributed by atoms with Crippen LogP contribution < -0.4 is 10.6 Å². The molecule has 20 heavy (non-hydrogen) atoms. The summed E-state index contributed by atoms with van der Waals surface area (Å²) in [5.41, 5.74) is -0.848. The third kappa shape index (κ3) is 3.93. The first-order valence-corrected chi connectivity index (χ1v) is 6.49. The molecule has 1 fully saturated rings. The first-order valence-electron chi connectivity index (χ1n) is 6.49. The molecule has 0 unspecified atom stereocenters. The fourth-order valence-electron chi connectivity index (χ4n) is 2.11. The van der Waals surface area contributed by atoms with Crippen molar-refractivity contribution in [1.29, 1.82) is 0 Å². The van der Waals surface area contributed by atoms with Gasteiger partial charge in [-0.25, -0.2) is 0 Å². The Labute approximate surface area is 114 Å². The van der Waals surface area contributed by atoms with Crippen LogP contribution in [-0.2, 0) is 6.18 Å². The Hall–Kier alpha value is -1.63. The Morgan fingerprint density at radius 3 is 2.60 bits per heavy atom. The number of nitrogens with zero attached hydrogens (tertiary/aromatic N) is 1. The zero-order valence-electron chi connectivity index (χ0n) is 10.8. The van der Waals surface area contributed by atoms with Crippen molar-refractivity contribution >= 4 is 5.91 Å². The van der Waals surface area contributed by atoms with Gasteiger partial charge in [-0.2, -0.15) is 13.2 Å². The van der Waals surface area contributed by atoms with Crippen LogP contribution >= 0.6 is 0 Å². The summed E-state index contributed by atoms with van der Waals surface area (Å²) in [6, 6.07) is 1.97. The molecule has 1 saturated heterocycles. The lowest BCUT2D eigenvalue weighted by molar-refractivity contribution is -0.137. The van der Waals surface area contributed by atoms with Crippen LogP contribution in [0.5, 0.6) is 0 Å². The number of nitrogens with one attached hydrogen (secondary N) is 2. The second kappa shape index (κ2) is 6.21. The minimum absolute atomic E-state index is 0.00642. The van der Waals surface area contributed by atoms with Gasteiger partial charge in [-0.1, -0.05) is 0 Å². The molecule has 0 saturated carbocycles. The monoisotopic (exact) mass is 287 g/mol. The van der Waals surface area contributed by atoms with Gasteiger partial charge in [0.2, 0.25) is 0 Å². The molecule has 1 aliphatic rings. The maximum atomic E-state index is 12.4. The molecule has 2 N–H and O–H groups in total. The normalized spacial score (nSPS) is 16.9. The quantitative estimate of drug-likeness (QED) is 0.892. The van der Waals surface area contributed by atoms with Crippen LogP contribution in [-0.4, -0.2) is 30.5 Å². The number of carbonyl (C=O) groups is 1. The van der Waals surface area contributed by atoms with Gasteiger partial charge in [-0.15, -0.1) is 0 Å². The van der Waals surface area contributed by atoms with E-state index in [1.807, 2.05) is 0 Å². The maximum Gasteiger partial charge on any atom is 0.417 e. The van der Waals surface area contributed by atoms with Crippen molar-refractivity contribution in [3.63, 3.8) is 0 Å². The Morgan fingerprint density at radius 1 is 1.35 bits per heavy atom. The highest BCUT2D eigenvalue weighted by molar-refractivity contribution is 5.92. The summed E-state index contributed by atoms with van der Waals surface area (Å²) < 4.78 is 37.1. The van der Waals surface area contributed by atoms with Crippen LogP contribution in [0.25, 0.3) is 0 Å². The first kappa shape index (κ1) is 14.8. The lowest BCUT2D eigenvalue weighted by atomic mass is 9.98. The fourth-order valence-corrected chi connectivity index (χ4v) is 2.11. The van der Waals surface area contributed by atoms with Gasteiger partial charge in [0.25, 0.3) is 5.91 Å². The topological polar surface area (TPSA) is 54.0 Å². The molecule has 0 aromatic carbocycles. The average Bonchev–Trinajstić information content (AvgIpc) is 2.45. The van der Waals surface area contributed by atoms with Crippen LogP contribution in [0.4, 0.5) is 13.2 Å². The van der Waals surface area contributed by atoms with Gasteiger partial charge < -0.3 is 10.6 Å². The lowest BCUT2D eigenvalue weighted by Gasteiger charge is -2.22. The average molecular weight is 287 g/mol. The van der Waals surface area contributed by atoms with Crippen molar-refractivity contribution in [2.45, 2.75) is 19.0 Å². The summed E-state index contributed by atoms with van der Waals surface area (Å²) in [5, 5.41) is 5.94. The third-order valence-electron chi connectivity index (χ3n) is 3.33. The molecule has 1 amide bonds. The van der Waals surface area contributed by atoms with Crippen molar-refractivity contribution in [1.82, 2.24) is 15.6 Å². The molecule has 0 bridgehead atoms. The highest BCUT2D eigenvalue weighted by Crippen LogP contribution is 2.28. The summed E-state index contributed by atoms with van der Waals surface area (Å²) >= 11 is 0. The van der Waals surface area contributed by atoms with E-state index in [0.29, 0.717) is 18.7 Å². The van der Waals surface area contributed by atoms with Crippen molar-refractivity contribution in [2.24, 2.45) is 5.92 Å². The van der Waals surface area contributed by atoms with Crippen molar-refractivity contribution in [2.75, 3.05) is 19.6 Å². The Morgan fingerprint density at radius 2 is 2.05 bits per heavy atom. The molecule has 0 aliphatic carbocycles. The van der Waals surface area contributed by atoms with Gasteiger partial charge in [-0.3, -0.25) is 9.78 Å². The summed E-state index contributed by atoms with van der Waals surface area (Å²) in [6.07, 6.45) is -1.78. The Balaban J connectivity index is 1.89. The molecule has 1 aliphatic heterocycles. The van der Waals surface area contributed by atoms with Crippen LogP contribution in [0.3, 0.4) is 0 Å². The van der Waals surface area contributed by atoms with Crippen molar-refractivity contribution in [3.8, 4) is 0 Å². The second-order valence-corrected chi connectivity index (χ2v) is 4.83. The molecule has 0 atom stereocenters. The van der Waals surface area contributed by atoms with E-state index in [2.05, 4.69) is 15.6 Å². The largest absolute Gasteiger partial charge is 0.417 e. The second-order valence-electron chi connectivity index (χ2n) is 4.83. The number of halogens is 3. The SMILES string of the molecule is O=C(NCC1CCNCC1)c1ccc(C(F)(F)F)cn1. The zero-order chi connectivity index (χ0) is 14.6. The summed E-state index contributed by atoms with van der Waals surface area (Å²) in [7, 11) is 0. The number of amides is 1. The molecule has 1 aromatic rings. The van der Waals surface area contributed by atoms with E-state index in [1.165, 1.54) is 0 Å². The Kier molecular flexibility index (Phi) is 4.59. The fraction of sp³-hybridized carbons (Fsp3) is 0.538. The van der Waals surface area contributed by atoms with Crippen molar-refractivity contribution in [3.05, 3.63) is 29.6 Å². The van der Waals surface area contributed by atoms with E-state index in [4.69, 9.17) is 0 Å². The molecular weight excluding hydrogens is 271 g/mol. The molecule has 4 nitrogen and oxygen atoms in total. The maximum absolute atomic E-state index is 12.4. The lowest BCUT2D eigenvalue weighted by Crippen LogP contribution is -2.36. The number of alkyl halides is 3. The van der Waals surface area contributed by atoms with Crippen LogP contribution in [0.15, 0.2) is 18.3 Å². The number of hydrogen-bond donors (Lipinski definition) is 2. The molecule has 0 radical (unpaired) electrons. The highest BCUT2D eigenvalue weighted by atomic mass is 19.4. The van der Waals surface area contributed by atoms with Gasteiger partial charge in [0.15, 0.2) is 0 Å². The van der Waals surface area contributed by atoms with Gasteiger partial charge >= 0.3 is 6.18 Å². The predicted octanol–water partition coefficient (Wildman–Crippen LogP) is 1.83. The standard InChI is InChI=1S/C13H16F3N3O/c14-13(15,16)10-1-2-11(18-8-10)12(20)19-7-9-3-5-17-6-4-9/h1-2,8-9,17H,3-7H2,(H,19,20). The molecule has 1 aromatic heterocycles. The minimum atomic E-state index is -4.43. The number of piperidine rings is 1. The molecule has 110 valence electrons.